The average molecular weight is 534 g/mol. The number of para-hydroxylation sites is 2. The topological polar surface area (TPSA) is 87.2 Å². The summed E-state index contributed by atoms with van der Waals surface area (Å²) in [5, 5.41) is 6.45. The molecule has 2 heterocycles. The first-order valence-electron chi connectivity index (χ1n) is 12.1. The Hall–Kier alpha value is -3.52. The predicted octanol–water partition coefficient (Wildman–Crippen LogP) is 5.68. The van der Waals surface area contributed by atoms with Gasteiger partial charge in [-0.1, -0.05) is 35.3 Å². The van der Waals surface area contributed by atoms with Gasteiger partial charge in [0.15, 0.2) is 0 Å². The second kappa shape index (κ2) is 11.3. The molecule has 1 saturated heterocycles. The SMILES string of the molecule is O=C(NCCN1CCCC1)c1ccc(C(=O)Nc2ccc(Cl)c(-c3cnc4ccccc4n3)c2)c(Cl)c1. The largest absolute Gasteiger partial charge is 0.351 e. The van der Waals surface area contributed by atoms with Gasteiger partial charge in [-0.2, -0.15) is 0 Å². The molecule has 5 rings (SSSR count). The van der Waals surface area contributed by atoms with Crippen molar-refractivity contribution in [2.24, 2.45) is 0 Å². The minimum atomic E-state index is -0.399. The summed E-state index contributed by atoms with van der Waals surface area (Å²) >= 11 is 12.8. The highest BCUT2D eigenvalue weighted by atomic mass is 35.5. The van der Waals surface area contributed by atoms with E-state index < -0.39 is 5.91 Å². The fraction of sp³-hybridized carbons (Fsp3) is 0.214. The summed E-state index contributed by atoms with van der Waals surface area (Å²) in [5.41, 5.74) is 3.97. The van der Waals surface area contributed by atoms with E-state index in [2.05, 4.69) is 25.5 Å². The molecule has 37 heavy (non-hydrogen) atoms. The van der Waals surface area contributed by atoms with E-state index in [0.717, 1.165) is 30.7 Å². The third-order valence-electron chi connectivity index (χ3n) is 6.34. The van der Waals surface area contributed by atoms with Crippen LogP contribution in [0.5, 0.6) is 0 Å². The number of benzene rings is 3. The van der Waals surface area contributed by atoms with Crippen molar-refractivity contribution in [3.05, 3.63) is 88.0 Å². The molecule has 0 saturated carbocycles. The molecule has 188 valence electrons. The molecule has 1 aliphatic rings. The van der Waals surface area contributed by atoms with Crippen LogP contribution in [0, 0.1) is 0 Å². The van der Waals surface area contributed by atoms with E-state index in [0.29, 0.717) is 34.1 Å². The Morgan fingerprint density at radius 3 is 2.46 bits per heavy atom. The van der Waals surface area contributed by atoms with Gasteiger partial charge < -0.3 is 15.5 Å². The number of rotatable bonds is 7. The van der Waals surface area contributed by atoms with Crippen molar-refractivity contribution in [1.82, 2.24) is 20.2 Å². The molecule has 2 amide bonds. The van der Waals surface area contributed by atoms with E-state index in [1.807, 2.05) is 24.3 Å². The number of carbonyl (C=O) groups excluding carboxylic acids is 2. The number of hydrogen-bond donors (Lipinski definition) is 2. The molecule has 0 aliphatic carbocycles. The maximum atomic E-state index is 13.0. The molecule has 3 aromatic carbocycles. The first kappa shape index (κ1) is 25.1. The number of likely N-dealkylation sites (tertiary alicyclic amines) is 1. The third-order valence-corrected chi connectivity index (χ3v) is 6.98. The lowest BCUT2D eigenvalue weighted by atomic mass is 10.1. The molecule has 2 N–H and O–H groups in total. The number of nitrogens with one attached hydrogen (secondary N) is 2. The zero-order chi connectivity index (χ0) is 25.8. The molecule has 1 aromatic heterocycles. The summed E-state index contributed by atoms with van der Waals surface area (Å²) in [7, 11) is 0. The van der Waals surface area contributed by atoms with Crippen molar-refractivity contribution in [1.29, 1.82) is 0 Å². The lowest BCUT2D eigenvalue weighted by molar-refractivity contribution is 0.0948. The molecule has 4 aromatic rings. The van der Waals surface area contributed by atoms with Crippen LogP contribution in [0.3, 0.4) is 0 Å². The molecule has 1 aliphatic heterocycles. The van der Waals surface area contributed by atoms with Crippen LogP contribution in [0.2, 0.25) is 10.0 Å². The lowest BCUT2D eigenvalue weighted by Gasteiger charge is -2.15. The van der Waals surface area contributed by atoms with E-state index in [1.54, 1.807) is 36.5 Å². The Labute approximate surface area is 224 Å². The average Bonchev–Trinajstić information content (AvgIpc) is 3.43. The van der Waals surface area contributed by atoms with E-state index in [-0.39, 0.29) is 16.5 Å². The maximum absolute atomic E-state index is 13.0. The summed E-state index contributed by atoms with van der Waals surface area (Å²) in [6.45, 7) is 3.56. The second-order valence-electron chi connectivity index (χ2n) is 8.89. The Bertz CT molecular complexity index is 1470. The highest BCUT2D eigenvalue weighted by molar-refractivity contribution is 6.35. The smallest absolute Gasteiger partial charge is 0.257 e. The quantitative estimate of drug-likeness (QED) is 0.319. The number of aromatic nitrogens is 2. The van der Waals surface area contributed by atoms with Gasteiger partial charge in [0.05, 0.1) is 38.5 Å². The van der Waals surface area contributed by atoms with Crippen molar-refractivity contribution >= 4 is 51.7 Å². The van der Waals surface area contributed by atoms with Crippen molar-refractivity contribution in [3.63, 3.8) is 0 Å². The molecule has 0 radical (unpaired) electrons. The Balaban J connectivity index is 1.27. The van der Waals surface area contributed by atoms with Crippen LogP contribution < -0.4 is 10.6 Å². The van der Waals surface area contributed by atoms with Crippen molar-refractivity contribution in [2.75, 3.05) is 31.5 Å². The first-order valence-corrected chi connectivity index (χ1v) is 12.9. The monoisotopic (exact) mass is 533 g/mol. The zero-order valence-electron chi connectivity index (χ0n) is 20.0. The number of anilines is 1. The molecule has 0 unspecified atom stereocenters. The van der Waals surface area contributed by atoms with Crippen LogP contribution in [0.4, 0.5) is 5.69 Å². The minimum Gasteiger partial charge on any atom is -0.351 e. The summed E-state index contributed by atoms with van der Waals surface area (Å²) in [6, 6.07) is 17.4. The van der Waals surface area contributed by atoms with Crippen molar-refractivity contribution in [2.45, 2.75) is 12.8 Å². The van der Waals surface area contributed by atoms with Gasteiger partial charge in [-0.05, 0) is 74.5 Å². The van der Waals surface area contributed by atoms with Gasteiger partial charge in [0.25, 0.3) is 11.8 Å². The fourth-order valence-electron chi connectivity index (χ4n) is 4.36. The number of carbonyl (C=O) groups is 2. The molecule has 1 fully saturated rings. The number of hydrogen-bond acceptors (Lipinski definition) is 5. The normalized spacial score (nSPS) is 13.6. The van der Waals surface area contributed by atoms with E-state index in [9.17, 15) is 9.59 Å². The number of fused-ring (bicyclic) bond motifs is 1. The lowest BCUT2D eigenvalue weighted by Crippen LogP contribution is -2.33. The fourth-order valence-corrected chi connectivity index (χ4v) is 4.84. The van der Waals surface area contributed by atoms with Crippen LogP contribution in [0.1, 0.15) is 33.6 Å². The van der Waals surface area contributed by atoms with Gasteiger partial charge >= 0.3 is 0 Å². The Kier molecular flexibility index (Phi) is 7.65. The van der Waals surface area contributed by atoms with Crippen LogP contribution in [-0.2, 0) is 0 Å². The van der Waals surface area contributed by atoms with Gasteiger partial charge in [0, 0.05) is 29.9 Å². The minimum absolute atomic E-state index is 0.194. The Morgan fingerprint density at radius 1 is 0.892 bits per heavy atom. The van der Waals surface area contributed by atoms with Crippen LogP contribution in [0.15, 0.2) is 66.9 Å². The second-order valence-corrected chi connectivity index (χ2v) is 9.71. The zero-order valence-corrected chi connectivity index (χ0v) is 21.5. The van der Waals surface area contributed by atoms with E-state index in [4.69, 9.17) is 23.2 Å². The highest BCUT2D eigenvalue weighted by Crippen LogP contribution is 2.30. The van der Waals surface area contributed by atoms with Crippen molar-refractivity contribution < 1.29 is 9.59 Å². The number of amides is 2. The van der Waals surface area contributed by atoms with Crippen LogP contribution >= 0.6 is 23.2 Å². The van der Waals surface area contributed by atoms with Gasteiger partial charge in [-0.3, -0.25) is 14.6 Å². The third kappa shape index (κ3) is 5.91. The summed E-state index contributed by atoms with van der Waals surface area (Å²) in [5.74, 6) is -0.615. The molecule has 9 heteroatoms. The Morgan fingerprint density at radius 2 is 1.68 bits per heavy atom. The number of halogens is 2. The highest BCUT2D eigenvalue weighted by Gasteiger charge is 2.16. The molecule has 0 bridgehead atoms. The molecule has 0 spiro atoms. The van der Waals surface area contributed by atoms with Crippen LogP contribution in [0.25, 0.3) is 22.3 Å². The van der Waals surface area contributed by atoms with E-state index >= 15 is 0 Å². The van der Waals surface area contributed by atoms with Gasteiger partial charge in [-0.15, -0.1) is 0 Å². The van der Waals surface area contributed by atoms with Gasteiger partial charge in [0.1, 0.15) is 0 Å². The molecule has 0 atom stereocenters. The number of nitrogens with zero attached hydrogens (tertiary/aromatic N) is 3. The molecule has 7 nitrogen and oxygen atoms in total. The van der Waals surface area contributed by atoms with Crippen molar-refractivity contribution in [3.8, 4) is 11.3 Å². The summed E-state index contributed by atoms with van der Waals surface area (Å²) in [6.07, 6.45) is 4.07. The van der Waals surface area contributed by atoms with Gasteiger partial charge in [0.2, 0.25) is 0 Å². The van der Waals surface area contributed by atoms with Gasteiger partial charge in [-0.25, -0.2) is 4.98 Å². The molecular weight excluding hydrogens is 509 g/mol. The first-order chi connectivity index (χ1) is 18.0. The molecular formula is C28H25Cl2N5O2. The summed E-state index contributed by atoms with van der Waals surface area (Å²) in [4.78, 5) is 36.9. The maximum Gasteiger partial charge on any atom is 0.257 e. The summed E-state index contributed by atoms with van der Waals surface area (Å²) < 4.78 is 0. The van der Waals surface area contributed by atoms with E-state index in [1.165, 1.54) is 18.9 Å². The van der Waals surface area contributed by atoms with Crippen LogP contribution in [-0.4, -0.2) is 52.9 Å². The predicted molar refractivity (Wildman–Crippen MR) is 147 cm³/mol. The standard InChI is InChI=1S/C28H25Cl2N5O2/c29-22-10-8-19(16-21(22)26-17-32-24-5-1-2-6-25(24)34-26)33-28(37)20-9-7-18(15-23(20)30)27(36)31-11-14-35-12-3-4-13-35/h1-2,5-10,15-17H,3-4,11-14H2,(H,31,36)(H,33,37).